The van der Waals surface area contributed by atoms with Gasteiger partial charge >= 0.3 is 0 Å². The summed E-state index contributed by atoms with van der Waals surface area (Å²) in [6.45, 7) is 0. The summed E-state index contributed by atoms with van der Waals surface area (Å²) in [6, 6.07) is 0. The fraction of sp³-hybridized carbons (Fsp3) is 0.200. The average molecular weight is 165 g/mol. The van der Waals surface area contributed by atoms with Crippen molar-refractivity contribution >= 4 is 5.82 Å². The van der Waals surface area contributed by atoms with Crippen molar-refractivity contribution in [2.45, 2.75) is 0 Å². The van der Waals surface area contributed by atoms with Crippen LogP contribution in [-0.2, 0) is 7.05 Å². The molecule has 2 aromatic heterocycles. The van der Waals surface area contributed by atoms with E-state index in [4.69, 9.17) is 5.73 Å². The summed E-state index contributed by atoms with van der Waals surface area (Å²) < 4.78 is 1.55. The van der Waals surface area contributed by atoms with Crippen LogP contribution in [0, 0.1) is 0 Å². The van der Waals surface area contributed by atoms with E-state index in [2.05, 4.69) is 25.7 Å². The zero-order valence-corrected chi connectivity index (χ0v) is 6.39. The van der Waals surface area contributed by atoms with E-state index in [0.29, 0.717) is 17.2 Å². The van der Waals surface area contributed by atoms with Gasteiger partial charge in [0.15, 0.2) is 5.82 Å². The predicted octanol–water partition coefficient (Wildman–Crippen LogP) is -0.818. The highest BCUT2D eigenvalue weighted by Gasteiger charge is 2.09. The molecule has 2 aromatic rings. The molecule has 2 heterocycles. The number of anilines is 1. The molecular formula is C5H7N7. The lowest BCUT2D eigenvalue weighted by Gasteiger charge is -1.93. The Morgan fingerprint density at radius 3 is 2.92 bits per heavy atom. The molecule has 0 spiro atoms. The molecule has 7 nitrogen and oxygen atoms in total. The molecule has 0 fully saturated rings. The quantitative estimate of drug-likeness (QED) is 0.575. The largest absolute Gasteiger partial charge is 0.383 e. The van der Waals surface area contributed by atoms with Crippen molar-refractivity contribution in [2.75, 3.05) is 5.73 Å². The van der Waals surface area contributed by atoms with Crippen LogP contribution in [-0.4, -0.2) is 30.4 Å². The lowest BCUT2D eigenvalue weighted by molar-refractivity contribution is 0.779. The highest BCUT2D eigenvalue weighted by atomic mass is 15.5. The number of nitrogen functional groups attached to an aromatic ring is 1. The number of aromatic amines is 1. The Balaban J connectivity index is 2.55. The maximum absolute atomic E-state index is 5.68. The second-order valence-electron chi connectivity index (χ2n) is 2.32. The van der Waals surface area contributed by atoms with Gasteiger partial charge in [0.25, 0.3) is 0 Å². The lowest BCUT2D eigenvalue weighted by Crippen LogP contribution is -1.98. The van der Waals surface area contributed by atoms with Crippen LogP contribution < -0.4 is 5.73 Å². The Kier molecular flexibility index (Phi) is 1.29. The lowest BCUT2D eigenvalue weighted by atomic mass is 10.3. The Morgan fingerprint density at radius 2 is 2.42 bits per heavy atom. The van der Waals surface area contributed by atoms with Crippen molar-refractivity contribution in [3.05, 3.63) is 6.20 Å². The molecule has 0 radical (unpaired) electrons. The smallest absolute Gasteiger partial charge is 0.184 e. The van der Waals surface area contributed by atoms with Gasteiger partial charge in [0, 0.05) is 7.05 Å². The Hall–Kier alpha value is -1.92. The van der Waals surface area contributed by atoms with Crippen LogP contribution in [0.5, 0.6) is 0 Å². The first-order valence-corrected chi connectivity index (χ1v) is 3.30. The van der Waals surface area contributed by atoms with E-state index < -0.39 is 0 Å². The van der Waals surface area contributed by atoms with Gasteiger partial charge in [0.05, 0.1) is 11.8 Å². The highest BCUT2D eigenvalue weighted by Crippen LogP contribution is 2.19. The van der Waals surface area contributed by atoms with Gasteiger partial charge in [-0.1, -0.05) is 0 Å². The molecule has 7 heteroatoms. The minimum atomic E-state index is 0.528. The van der Waals surface area contributed by atoms with Gasteiger partial charge < -0.3 is 5.73 Å². The summed E-state index contributed by atoms with van der Waals surface area (Å²) in [5, 5.41) is 17.1. The van der Waals surface area contributed by atoms with Crippen LogP contribution in [0.25, 0.3) is 11.4 Å². The number of aryl methyl sites for hydroxylation is 1. The Morgan fingerprint density at radius 1 is 1.58 bits per heavy atom. The summed E-state index contributed by atoms with van der Waals surface area (Å²) >= 11 is 0. The number of H-pyrrole nitrogens is 1. The summed E-state index contributed by atoms with van der Waals surface area (Å²) in [4.78, 5) is 0. The highest BCUT2D eigenvalue weighted by molar-refractivity contribution is 5.66. The molecule has 0 aliphatic rings. The van der Waals surface area contributed by atoms with Crippen molar-refractivity contribution in [3.8, 4) is 11.4 Å². The second kappa shape index (κ2) is 2.29. The molecule has 0 amide bonds. The topological polar surface area (TPSA) is 98.3 Å². The van der Waals surface area contributed by atoms with Crippen LogP contribution >= 0.6 is 0 Å². The van der Waals surface area contributed by atoms with E-state index in [0.717, 1.165) is 0 Å². The summed E-state index contributed by atoms with van der Waals surface area (Å²) in [6.07, 6.45) is 1.61. The van der Waals surface area contributed by atoms with Gasteiger partial charge in [-0.2, -0.15) is 5.10 Å². The first-order chi connectivity index (χ1) is 5.79. The Bertz CT molecular complexity index is 372. The zero-order chi connectivity index (χ0) is 8.55. The van der Waals surface area contributed by atoms with Crippen LogP contribution in [0.4, 0.5) is 5.82 Å². The average Bonchev–Trinajstić information content (AvgIpc) is 2.64. The van der Waals surface area contributed by atoms with Gasteiger partial charge in [-0.25, -0.2) is 5.10 Å². The van der Waals surface area contributed by atoms with Crippen LogP contribution in [0.2, 0.25) is 0 Å². The molecule has 3 N–H and O–H groups in total. The number of nitrogens with two attached hydrogens (primary N) is 1. The third-order valence-electron chi connectivity index (χ3n) is 1.59. The fourth-order valence-electron chi connectivity index (χ4n) is 0.903. The molecule has 0 saturated carbocycles. The van der Waals surface area contributed by atoms with E-state index in [-0.39, 0.29) is 0 Å². The van der Waals surface area contributed by atoms with E-state index in [1.54, 1.807) is 17.9 Å². The first kappa shape index (κ1) is 6.77. The maximum Gasteiger partial charge on any atom is 0.184 e. The molecule has 12 heavy (non-hydrogen) atoms. The first-order valence-electron chi connectivity index (χ1n) is 3.30. The maximum atomic E-state index is 5.68. The summed E-state index contributed by atoms with van der Waals surface area (Å²) in [5.41, 5.74) is 6.39. The monoisotopic (exact) mass is 165 g/mol. The number of aromatic nitrogens is 6. The van der Waals surface area contributed by atoms with Crippen molar-refractivity contribution < 1.29 is 0 Å². The Labute approximate surface area is 67.6 Å². The van der Waals surface area contributed by atoms with Crippen LogP contribution in [0.15, 0.2) is 6.20 Å². The number of tetrazole rings is 1. The van der Waals surface area contributed by atoms with Crippen molar-refractivity contribution in [3.63, 3.8) is 0 Å². The predicted molar refractivity (Wildman–Crippen MR) is 40.8 cm³/mol. The molecule has 0 bridgehead atoms. The van der Waals surface area contributed by atoms with Crippen LogP contribution in [0.1, 0.15) is 0 Å². The molecule has 0 atom stereocenters. The molecular weight excluding hydrogens is 158 g/mol. The normalized spacial score (nSPS) is 10.4. The molecule has 0 saturated heterocycles. The molecule has 0 aliphatic carbocycles. The number of hydrogen-bond donors (Lipinski definition) is 2. The van der Waals surface area contributed by atoms with Gasteiger partial charge in [-0.05, 0) is 10.4 Å². The minimum Gasteiger partial charge on any atom is -0.383 e. The van der Waals surface area contributed by atoms with Gasteiger partial charge in [0.1, 0.15) is 5.82 Å². The molecule has 2 rings (SSSR count). The summed E-state index contributed by atoms with van der Waals surface area (Å²) in [5.74, 6) is 1.06. The third-order valence-corrected chi connectivity index (χ3v) is 1.59. The zero-order valence-electron chi connectivity index (χ0n) is 6.39. The number of rotatable bonds is 1. The van der Waals surface area contributed by atoms with E-state index >= 15 is 0 Å². The molecule has 0 aromatic carbocycles. The fourth-order valence-corrected chi connectivity index (χ4v) is 0.903. The van der Waals surface area contributed by atoms with Crippen LogP contribution in [0.3, 0.4) is 0 Å². The van der Waals surface area contributed by atoms with Gasteiger partial charge in [-0.3, -0.25) is 4.68 Å². The van der Waals surface area contributed by atoms with Crippen molar-refractivity contribution in [1.29, 1.82) is 0 Å². The van der Waals surface area contributed by atoms with E-state index in [9.17, 15) is 0 Å². The van der Waals surface area contributed by atoms with Crippen molar-refractivity contribution in [2.24, 2.45) is 7.05 Å². The number of hydrogen-bond acceptors (Lipinski definition) is 5. The molecule has 0 aliphatic heterocycles. The van der Waals surface area contributed by atoms with Crippen molar-refractivity contribution in [1.82, 2.24) is 30.4 Å². The molecule has 0 unspecified atom stereocenters. The second-order valence-corrected chi connectivity index (χ2v) is 2.32. The van der Waals surface area contributed by atoms with Gasteiger partial charge in [0.2, 0.25) is 0 Å². The number of nitrogens with zero attached hydrogens (tertiary/aromatic N) is 5. The minimum absolute atomic E-state index is 0.528. The summed E-state index contributed by atoms with van der Waals surface area (Å²) in [7, 11) is 1.75. The third kappa shape index (κ3) is 0.831. The SMILES string of the molecule is Cn1ncc(-c2nnn[nH]2)c1N. The standard InChI is InChI=1S/C5H7N7/c1-12-4(6)3(2-7-12)5-8-10-11-9-5/h2H,6H2,1H3,(H,8,9,10,11). The van der Waals surface area contributed by atoms with Gasteiger partial charge in [-0.15, -0.1) is 5.10 Å². The molecule has 62 valence electrons. The van der Waals surface area contributed by atoms with E-state index in [1.807, 2.05) is 0 Å². The number of nitrogens with one attached hydrogen (secondary N) is 1. The van der Waals surface area contributed by atoms with E-state index in [1.165, 1.54) is 0 Å².